The Balaban J connectivity index is 1.83. The van der Waals surface area contributed by atoms with Gasteiger partial charge in [-0.25, -0.2) is 0 Å². The second-order valence-electron chi connectivity index (χ2n) is 8.32. The first-order chi connectivity index (χ1) is 15.5. The normalized spacial score (nSPS) is 53.7. The predicted octanol–water partition coefficient (Wildman–Crippen LogP) is -6.55. The lowest BCUT2D eigenvalue weighted by atomic mass is 9.96. The Morgan fingerprint density at radius 1 is 0.545 bits per heavy atom. The van der Waals surface area contributed by atoms with E-state index in [1.54, 1.807) is 0 Å². The summed E-state index contributed by atoms with van der Waals surface area (Å²) in [5.74, 6) is 0. The van der Waals surface area contributed by atoms with E-state index in [2.05, 4.69) is 0 Å². The molecule has 194 valence electrons. The van der Waals surface area contributed by atoms with Gasteiger partial charge in [-0.1, -0.05) is 0 Å². The molecule has 3 saturated heterocycles. The standard InChI is InChI=1S/C18H32O15/c1-4-7(21)10(24)12(26)17(29-4)33-15-11(25)8(22)5(2-19)31-18(15)32-14-9(23)6(3-20)30-16(28)13(14)27/h4-28H,2-3H2,1H3/t4-,5+,6+,7+,8-,9-,10+,11-,12-,13+,14-,15+,16-,17-,18-/m0/s1. The predicted molar refractivity (Wildman–Crippen MR) is 99.8 cm³/mol. The fourth-order valence-electron chi connectivity index (χ4n) is 3.97. The van der Waals surface area contributed by atoms with E-state index in [-0.39, 0.29) is 0 Å². The number of ether oxygens (including phenoxy) is 5. The molecule has 0 aromatic heterocycles. The molecule has 3 aliphatic heterocycles. The van der Waals surface area contributed by atoms with Crippen LogP contribution in [-0.4, -0.2) is 156 Å². The molecule has 0 aromatic rings. The Hall–Kier alpha value is -0.600. The molecule has 3 aliphatic rings. The third-order valence-corrected chi connectivity index (χ3v) is 6.06. The third kappa shape index (κ3) is 5.32. The molecular weight excluding hydrogens is 456 g/mol. The molecule has 0 unspecified atom stereocenters. The van der Waals surface area contributed by atoms with Gasteiger partial charge in [0.05, 0.1) is 19.3 Å². The van der Waals surface area contributed by atoms with Crippen LogP contribution in [0.4, 0.5) is 0 Å². The molecule has 15 atom stereocenters. The monoisotopic (exact) mass is 488 g/mol. The minimum Gasteiger partial charge on any atom is -0.394 e. The number of hydrogen-bond acceptors (Lipinski definition) is 15. The second kappa shape index (κ2) is 11.0. The number of aliphatic hydroxyl groups is 10. The van der Waals surface area contributed by atoms with Gasteiger partial charge in [0.15, 0.2) is 18.9 Å². The van der Waals surface area contributed by atoms with Gasteiger partial charge < -0.3 is 74.7 Å². The first-order valence-electron chi connectivity index (χ1n) is 10.4. The molecule has 0 amide bonds. The van der Waals surface area contributed by atoms with E-state index in [4.69, 9.17) is 23.7 Å². The van der Waals surface area contributed by atoms with Crippen LogP contribution in [0.5, 0.6) is 0 Å². The van der Waals surface area contributed by atoms with Crippen LogP contribution in [0.3, 0.4) is 0 Å². The van der Waals surface area contributed by atoms with Crippen molar-refractivity contribution < 1.29 is 74.7 Å². The Bertz CT molecular complexity index is 626. The van der Waals surface area contributed by atoms with Gasteiger partial charge in [-0.2, -0.15) is 0 Å². The molecule has 0 bridgehead atoms. The third-order valence-electron chi connectivity index (χ3n) is 6.06. The molecule has 3 fully saturated rings. The molecule has 0 spiro atoms. The lowest BCUT2D eigenvalue weighted by Gasteiger charge is -2.48. The topological polar surface area (TPSA) is 248 Å². The molecule has 0 saturated carbocycles. The van der Waals surface area contributed by atoms with E-state index >= 15 is 0 Å². The highest BCUT2D eigenvalue weighted by molar-refractivity contribution is 4.95. The molecule has 10 N–H and O–H groups in total. The lowest BCUT2D eigenvalue weighted by Crippen LogP contribution is -2.66. The zero-order valence-corrected chi connectivity index (χ0v) is 17.6. The summed E-state index contributed by atoms with van der Waals surface area (Å²) in [6.45, 7) is -0.118. The van der Waals surface area contributed by atoms with Crippen LogP contribution in [0.1, 0.15) is 6.92 Å². The van der Waals surface area contributed by atoms with Crippen LogP contribution in [0, 0.1) is 0 Å². The molecule has 0 aromatic carbocycles. The van der Waals surface area contributed by atoms with Crippen molar-refractivity contribution in [1.29, 1.82) is 0 Å². The minimum atomic E-state index is -1.86. The molecule has 15 heteroatoms. The van der Waals surface area contributed by atoms with Crippen LogP contribution < -0.4 is 0 Å². The Morgan fingerprint density at radius 3 is 1.73 bits per heavy atom. The van der Waals surface area contributed by atoms with Crippen molar-refractivity contribution in [2.45, 2.75) is 99.0 Å². The molecule has 0 aliphatic carbocycles. The van der Waals surface area contributed by atoms with E-state index in [0.717, 1.165) is 0 Å². The zero-order chi connectivity index (χ0) is 24.6. The quantitative estimate of drug-likeness (QED) is 0.167. The summed E-state index contributed by atoms with van der Waals surface area (Å²) in [6.07, 6.45) is -24.2. The SMILES string of the molecule is C[C@@H]1O[C@@H](O[C@H]2[C@H](O[C@@H]3[C@@H](O)[C@@H](O)O[C@H](CO)[C@@H]3O)O[C@H](CO)[C@H](O)[C@@H]2O)[C@@H](O)[C@H](O)[C@@H]1O. The van der Waals surface area contributed by atoms with Gasteiger partial charge in [-0.15, -0.1) is 0 Å². The Labute approximate surface area is 187 Å². The second-order valence-corrected chi connectivity index (χ2v) is 8.32. The fraction of sp³-hybridized carbons (Fsp3) is 1.00. The van der Waals surface area contributed by atoms with E-state index in [1.807, 2.05) is 0 Å². The van der Waals surface area contributed by atoms with Crippen molar-refractivity contribution in [3.05, 3.63) is 0 Å². The molecule has 15 nitrogen and oxygen atoms in total. The zero-order valence-electron chi connectivity index (χ0n) is 17.6. The average molecular weight is 488 g/mol. The lowest BCUT2D eigenvalue weighted by molar-refractivity contribution is -0.386. The summed E-state index contributed by atoms with van der Waals surface area (Å²) in [5.41, 5.74) is 0. The maximum absolute atomic E-state index is 10.6. The summed E-state index contributed by atoms with van der Waals surface area (Å²) in [6, 6.07) is 0. The van der Waals surface area contributed by atoms with Crippen LogP contribution >= 0.6 is 0 Å². The van der Waals surface area contributed by atoms with Crippen molar-refractivity contribution in [1.82, 2.24) is 0 Å². The molecule has 0 radical (unpaired) electrons. The highest BCUT2D eigenvalue weighted by Gasteiger charge is 2.53. The first-order valence-corrected chi connectivity index (χ1v) is 10.4. The van der Waals surface area contributed by atoms with E-state index < -0.39 is 105 Å². The van der Waals surface area contributed by atoms with Crippen LogP contribution in [0.15, 0.2) is 0 Å². The van der Waals surface area contributed by atoms with Crippen molar-refractivity contribution in [3.8, 4) is 0 Å². The maximum atomic E-state index is 10.6. The van der Waals surface area contributed by atoms with Crippen molar-refractivity contribution in [2.24, 2.45) is 0 Å². The van der Waals surface area contributed by atoms with Gasteiger partial charge in [0, 0.05) is 0 Å². The van der Waals surface area contributed by atoms with Gasteiger partial charge in [0.25, 0.3) is 0 Å². The Kier molecular flexibility index (Phi) is 8.99. The summed E-state index contributed by atoms with van der Waals surface area (Å²) >= 11 is 0. The molecule has 3 rings (SSSR count). The summed E-state index contributed by atoms with van der Waals surface area (Å²) in [5, 5.41) is 100. The highest BCUT2D eigenvalue weighted by Crippen LogP contribution is 2.32. The Morgan fingerprint density at radius 2 is 1.12 bits per heavy atom. The van der Waals surface area contributed by atoms with Crippen molar-refractivity contribution in [2.75, 3.05) is 13.2 Å². The average Bonchev–Trinajstić information content (AvgIpc) is 2.79. The molecular formula is C18H32O15. The van der Waals surface area contributed by atoms with Crippen LogP contribution in [0.2, 0.25) is 0 Å². The van der Waals surface area contributed by atoms with Gasteiger partial charge >= 0.3 is 0 Å². The number of aliphatic hydroxyl groups excluding tert-OH is 10. The van der Waals surface area contributed by atoms with Gasteiger partial charge in [-0.05, 0) is 6.92 Å². The first kappa shape index (κ1) is 27.0. The number of rotatable bonds is 6. The smallest absolute Gasteiger partial charge is 0.187 e. The largest absolute Gasteiger partial charge is 0.394 e. The number of hydrogen-bond donors (Lipinski definition) is 10. The summed E-state index contributed by atoms with van der Waals surface area (Å²) in [4.78, 5) is 0. The molecule has 3 heterocycles. The van der Waals surface area contributed by atoms with Gasteiger partial charge in [0.2, 0.25) is 0 Å². The maximum Gasteiger partial charge on any atom is 0.187 e. The fourth-order valence-corrected chi connectivity index (χ4v) is 3.97. The van der Waals surface area contributed by atoms with Gasteiger partial charge in [-0.3, -0.25) is 0 Å². The highest BCUT2D eigenvalue weighted by atomic mass is 16.8. The molecule has 33 heavy (non-hydrogen) atoms. The summed E-state index contributed by atoms with van der Waals surface area (Å²) < 4.78 is 26.7. The minimum absolute atomic E-state index is 0.739. The van der Waals surface area contributed by atoms with E-state index in [1.165, 1.54) is 6.92 Å². The van der Waals surface area contributed by atoms with E-state index in [0.29, 0.717) is 0 Å². The van der Waals surface area contributed by atoms with Gasteiger partial charge in [0.1, 0.15) is 67.1 Å². The summed E-state index contributed by atoms with van der Waals surface area (Å²) in [7, 11) is 0. The van der Waals surface area contributed by atoms with Crippen LogP contribution in [0.25, 0.3) is 0 Å². The van der Waals surface area contributed by atoms with Crippen molar-refractivity contribution >= 4 is 0 Å². The van der Waals surface area contributed by atoms with Crippen molar-refractivity contribution in [3.63, 3.8) is 0 Å². The van der Waals surface area contributed by atoms with Crippen LogP contribution in [-0.2, 0) is 23.7 Å². The van der Waals surface area contributed by atoms with E-state index in [9.17, 15) is 51.1 Å².